The lowest BCUT2D eigenvalue weighted by Gasteiger charge is -2.25. The molecule has 1 N–H and O–H groups in total. The molecule has 108 valence electrons. The van der Waals surface area contributed by atoms with Crippen LogP contribution in [0.1, 0.15) is 18.9 Å². The van der Waals surface area contributed by atoms with Gasteiger partial charge in [0.25, 0.3) is 0 Å². The van der Waals surface area contributed by atoms with Crippen LogP contribution in [0.25, 0.3) is 0 Å². The van der Waals surface area contributed by atoms with Crippen LogP contribution in [0.5, 0.6) is 0 Å². The quantitative estimate of drug-likeness (QED) is 0.836. The first-order valence-corrected chi connectivity index (χ1v) is 8.94. The number of sulfonamides is 1. The van der Waals surface area contributed by atoms with E-state index in [0.29, 0.717) is 5.56 Å². The van der Waals surface area contributed by atoms with E-state index in [1.165, 1.54) is 4.31 Å². The van der Waals surface area contributed by atoms with Gasteiger partial charge in [-0.1, -0.05) is 18.2 Å². The van der Waals surface area contributed by atoms with Crippen LogP contribution in [0.2, 0.25) is 0 Å². The highest BCUT2D eigenvalue weighted by Crippen LogP contribution is 2.22. The molecule has 0 spiro atoms. The van der Waals surface area contributed by atoms with Crippen molar-refractivity contribution in [3.8, 4) is 0 Å². The van der Waals surface area contributed by atoms with Crippen LogP contribution in [0.3, 0.4) is 0 Å². The van der Waals surface area contributed by atoms with Gasteiger partial charge in [0, 0.05) is 13.1 Å². The van der Waals surface area contributed by atoms with Crippen LogP contribution in [0.15, 0.2) is 29.2 Å². The summed E-state index contributed by atoms with van der Waals surface area (Å²) >= 11 is 1.70. The van der Waals surface area contributed by atoms with Gasteiger partial charge < -0.3 is 5.11 Å². The number of benzene rings is 1. The second kappa shape index (κ2) is 7.28. The molecule has 0 aliphatic carbocycles. The SMILES string of the molecule is CSCCC(C)N(C)S(=O)(=O)c1ccccc1CO. The zero-order valence-electron chi connectivity index (χ0n) is 11.5. The molecule has 1 aromatic rings. The van der Waals surface area contributed by atoms with Gasteiger partial charge in [-0.2, -0.15) is 16.1 Å². The predicted molar refractivity (Wildman–Crippen MR) is 79.8 cm³/mol. The van der Waals surface area contributed by atoms with E-state index in [9.17, 15) is 13.5 Å². The number of rotatable bonds is 7. The molecule has 0 aliphatic heterocycles. The first-order valence-electron chi connectivity index (χ1n) is 6.11. The summed E-state index contributed by atoms with van der Waals surface area (Å²) in [7, 11) is -1.96. The number of hydrogen-bond acceptors (Lipinski definition) is 4. The number of aliphatic hydroxyl groups is 1. The minimum Gasteiger partial charge on any atom is -0.392 e. The third-order valence-corrected chi connectivity index (χ3v) is 5.88. The summed E-state index contributed by atoms with van der Waals surface area (Å²) in [6, 6.07) is 6.50. The molecule has 0 bridgehead atoms. The van der Waals surface area contributed by atoms with Crippen molar-refractivity contribution in [2.75, 3.05) is 19.1 Å². The first-order chi connectivity index (χ1) is 8.95. The Labute approximate surface area is 119 Å². The van der Waals surface area contributed by atoms with E-state index >= 15 is 0 Å². The number of aliphatic hydroxyl groups excluding tert-OH is 1. The van der Waals surface area contributed by atoms with E-state index in [1.54, 1.807) is 43.1 Å². The summed E-state index contributed by atoms with van der Waals surface area (Å²) in [6.07, 6.45) is 2.81. The molecule has 1 aromatic carbocycles. The highest BCUT2D eigenvalue weighted by atomic mass is 32.2. The van der Waals surface area contributed by atoms with E-state index in [1.807, 2.05) is 13.2 Å². The van der Waals surface area contributed by atoms with Crippen molar-refractivity contribution in [1.82, 2.24) is 4.31 Å². The monoisotopic (exact) mass is 303 g/mol. The second-order valence-corrected chi connectivity index (χ2v) is 7.37. The van der Waals surface area contributed by atoms with Gasteiger partial charge in [0.2, 0.25) is 10.0 Å². The Hall–Kier alpha value is -0.560. The Morgan fingerprint density at radius 2 is 2.00 bits per heavy atom. The summed E-state index contributed by atoms with van der Waals surface area (Å²) in [5.41, 5.74) is 0.436. The van der Waals surface area contributed by atoms with Crippen molar-refractivity contribution in [3.63, 3.8) is 0 Å². The standard InChI is InChI=1S/C13H21NO3S2/c1-11(8-9-18-3)14(2)19(16,17)13-7-5-4-6-12(13)10-15/h4-7,11,15H,8-10H2,1-3H3. The molecule has 6 heteroatoms. The van der Waals surface area contributed by atoms with Gasteiger partial charge in [-0.25, -0.2) is 8.42 Å². The van der Waals surface area contributed by atoms with Crippen LogP contribution >= 0.6 is 11.8 Å². The summed E-state index contributed by atoms with van der Waals surface area (Å²) in [6.45, 7) is 1.62. The number of nitrogens with zero attached hydrogens (tertiary/aromatic N) is 1. The lowest BCUT2D eigenvalue weighted by atomic mass is 10.2. The smallest absolute Gasteiger partial charge is 0.243 e. The molecule has 0 saturated carbocycles. The van der Waals surface area contributed by atoms with Gasteiger partial charge in [0.05, 0.1) is 11.5 Å². The number of thioether (sulfide) groups is 1. The fourth-order valence-corrected chi connectivity index (χ4v) is 3.93. The third kappa shape index (κ3) is 3.95. The molecule has 0 heterocycles. The van der Waals surface area contributed by atoms with Gasteiger partial charge in [-0.05, 0) is 37.0 Å². The fraction of sp³-hybridized carbons (Fsp3) is 0.538. The molecule has 0 aromatic heterocycles. The van der Waals surface area contributed by atoms with Crippen LogP contribution < -0.4 is 0 Å². The largest absolute Gasteiger partial charge is 0.392 e. The van der Waals surface area contributed by atoms with E-state index in [0.717, 1.165) is 12.2 Å². The van der Waals surface area contributed by atoms with Gasteiger partial charge in [0.15, 0.2) is 0 Å². The minimum absolute atomic E-state index is 0.0656. The zero-order valence-corrected chi connectivity index (χ0v) is 13.2. The molecule has 1 atom stereocenters. The Morgan fingerprint density at radius 1 is 1.37 bits per heavy atom. The Bertz CT molecular complexity index is 502. The molecule has 0 aliphatic rings. The van der Waals surface area contributed by atoms with Crippen molar-refractivity contribution in [2.24, 2.45) is 0 Å². The summed E-state index contributed by atoms with van der Waals surface area (Å²) in [5.74, 6) is 0.919. The normalized spacial score (nSPS) is 13.7. The molecule has 0 amide bonds. The average Bonchev–Trinajstić information content (AvgIpc) is 2.43. The lowest BCUT2D eigenvalue weighted by Crippen LogP contribution is -2.35. The maximum Gasteiger partial charge on any atom is 0.243 e. The van der Waals surface area contributed by atoms with E-state index in [2.05, 4.69) is 0 Å². The molecule has 1 unspecified atom stereocenters. The predicted octanol–water partition coefficient (Wildman–Crippen LogP) is 1.94. The van der Waals surface area contributed by atoms with Crippen molar-refractivity contribution in [1.29, 1.82) is 0 Å². The van der Waals surface area contributed by atoms with Crippen molar-refractivity contribution >= 4 is 21.8 Å². The topological polar surface area (TPSA) is 57.6 Å². The van der Waals surface area contributed by atoms with E-state index < -0.39 is 10.0 Å². The third-order valence-electron chi connectivity index (χ3n) is 3.16. The maximum atomic E-state index is 12.5. The molecule has 4 nitrogen and oxygen atoms in total. The Morgan fingerprint density at radius 3 is 2.58 bits per heavy atom. The summed E-state index contributed by atoms with van der Waals surface area (Å²) in [4.78, 5) is 0.191. The van der Waals surface area contributed by atoms with Gasteiger partial charge in [-0.3, -0.25) is 0 Å². The molecule has 0 radical (unpaired) electrons. The molecule has 1 rings (SSSR count). The summed E-state index contributed by atoms with van der Waals surface area (Å²) < 4.78 is 26.4. The minimum atomic E-state index is -3.55. The van der Waals surface area contributed by atoms with Gasteiger partial charge >= 0.3 is 0 Å². The zero-order chi connectivity index (χ0) is 14.5. The first kappa shape index (κ1) is 16.5. The van der Waals surface area contributed by atoms with Crippen molar-refractivity contribution in [2.45, 2.75) is 30.9 Å². The maximum absolute atomic E-state index is 12.5. The highest BCUT2D eigenvalue weighted by molar-refractivity contribution is 7.98. The van der Waals surface area contributed by atoms with Gasteiger partial charge in [0.1, 0.15) is 0 Å². The molecular weight excluding hydrogens is 282 g/mol. The van der Waals surface area contributed by atoms with E-state index in [4.69, 9.17) is 0 Å². The van der Waals surface area contributed by atoms with Crippen LogP contribution in [-0.2, 0) is 16.6 Å². The highest BCUT2D eigenvalue weighted by Gasteiger charge is 2.26. The molecule has 0 fully saturated rings. The lowest BCUT2D eigenvalue weighted by molar-refractivity contribution is 0.278. The van der Waals surface area contributed by atoms with Gasteiger partial charge in [-0.15, -0.1) is 0 Å². The van der Waals surface area contributed by atoms with Crippen molar-refractivity contribution < 1.29 is 13.5 Å². The average molecular weight is 303 g/mol. The van der Waals surface area contributed by atoms with Crippen molar-refractivity contribution in [3.05, 3.63) is 29.8 Å². The summed E-state index contributed by atoms with van der Waals surface area (Å²) in [5, 5.41) is 9.26. The van der Waals surface area contributed by atoms with Crippen LogP contribution in [0, 0.1) is 0 Å². The number of hydrogen-bond donors (Lipinski definition) is 1. The Kier molecular flexibility index (Phi) is 6.32. The molecule has 0 saturated heterocycles. The van der Waals surface area contributed by atoms with E-state index in [-0.39, 0.29) is 17.5 Å². The second-order valence-electron chi connectivity index (χ2n) is 4.42. The van der Waals surface area contributed by atoms with Crippen LogP contribution in [0.4, 0.5) is 0 Å². The molecular formula is C13H21NO3S2. The Balaban J connectivity index is 3.03. The van der Waals surface area contributed by atoms with Crippen LogP contribution in [-0.4, -0.2) is 42.9 Å². The fourth-order valence-electron chi connectivity index (χ4n) is 1.75. The molecule has 19 heavy (non-hydrogen) atoms.